The van der Waals surface area contributed by atoms with Crippen molar-refractivity contribution >= 4 is 21.6 Å². The number of anilines is 1. The van der Waals surface area contributed by atoms with E-state index in [0.717, 1.165) is 12.8 Å². The van der Waals surface area contributed by atoms with Crippen LogP contribution in [0.5, 0.6) is 0 Å². The van der Waals surface area contributed by atoms with Crippen molar-refractivity contribution in [3.05, 3.63) is 23.8 Å². The molecular weight excluding hydrogens is 278 g/mol. The van der Waals surface area contributed by atoms with Gasteiger partial charge < -0.3 is 11.5 Å². The van der Waals surface area contributed by atoms with E-state index in [-0.39, 0.29) is 16.1 Å². The van der Waals surface area contributed by atoms with Crippen LogP contribution < -0.4 is 16.2 Å². The number of sulfonamides is 1. The predicted octanol–water partition coefficient (Wildman–Crippen LogP) is 0.835. The molecule has 0 unspecified atom stereocenters. The molecule has 1 saturated carbocycles. The molecule has 0 atom stereocenters. The summed E-state index contributed by atoms with van der Waals surface area (Å²) < 4.78 is 27.4. The molecule has 1 aromatic carbocycles. The molecule has 1 fully saturated rings. The molecule has 5 N–H and O–H groups in total. The van der Waals surface area contributed by atoms with Gasteiger partial charge in [-0.3, -0.25) is 4.79 Å². The highest BCUT2D eigenvalue weighted by molar-refractivity contribution is 7.89. The van der Waals surface area contributed by atoms with Gasteiger partial charge in [0.15, 0.2) is 0 Å². The molecular formula is C13H19N3O3S. The summed E-state index contributed by atoms with van der Waals surface area (Å²) in [6.45, 7) is 3.71. The molecule has 0 aromatic heterocycles. The second kappa shape index (κ2) is 4.75. The van der Waals surface area contributed by atoms with Gasteiger partial charge in [0, 0.05) is 11.1 Å². The molecule has 1 aromatic rings. The van der Waals surface area contributed by atoms with Crippen molar-refractivity contribution in [1.29, 1.82) is 0 Å². The Morgan fingerprint density at radius 2 is 1.95 bits per heavy atom. The van der Waals surface area contributed by atoms with E-state index >= 15 is 0 Å². The van der Waals surface area contributed by atoms with Gasteiger partial charge in [-0.05, 0) is 50.8 Å². The molecule has 0 spiro atoms. The number of carbonyl (C=O) groups excluding carboxylic acids is 1. The number of benzene rings is 1. The summed E-state index contributed by atoms with van der Waals surface area (Å²) in [5, 5.41) is 0. The smallest absolute Gasteiger partial charge is 0.248 e. The SMILES string of the molecule is CC(C)(NS(=O)(=O)c1ccc(C(N)=O)cc1N)C1CC1. The van der Waals surface area contributed by atoms with Gasteiger partial charge in [0.05, 0.1) is 5.69 Å². The Balaban J connectivity index is 2.32. The summed E-state index contributed by atoms with van der Waals surface area (Å²) in [7, 11) is -3.72. The summed E-state index contributed by atoms with van der Waals surface area (Å²) >= 11 is 0. The number of primary amides is 1. The fourth-order valence-corrected chi connectivity index (χ4v) is 3.82. The van der Waals surface area contributed by atoms with E-state index in [2.05, 4.69) is 4.72 Å². The monoisotopic (exact) mass is 297 g/mol. The van der Waals surface area contributed by atoms with E-state index in [0.29, 0.717) is 5.92 Å². The van der Waals surface area contributed by atoms with Crippen molar-refractivity contribution in [2.75, 3.05) is 5.73 Å². The van der Waals surface area contributed by atoms with Gasteiger partial charge in [-0.25, -0.2) is 13.1 Å². The number of hydrogen-bond donors (Lipinski definition) is 3. The lowest BCUT2D eigenvalue weighted by molar-refractivity contribution is 0.1000. The summed E-state index contributed by atoms with van der Waals surface area (Å²) in [4.78, 5) is 11.0. The van der Waals surface area contributed by atoms with Crippen LogP contribution in [0.2, 0.25) is 0 Å². The van der Waals surface area contributed by atoms with Crippen molar-refractivity contribution < 1.29 is 13.2 Å². The minimum atomic E-state index is -3.72. The average Bonchev–Trinajstić information content (AvgIpc) is 3.10. The number of nitrogen functional groups attached to an aromatic ring is 1. The lowest BCUT2D eigenvalue weighted by atomic mass is 10.0. The molecule has 1 aliphatic rings. The van der Waals surface area contributed by atoms with Crippen LogP contribution in [-0.4, -0.2) is 19.9 Å². The lowest BCUT2D eigenvalue weighted by Crippen LogP contribution is -2.45. The van der Waals surface area contributed by atoms with Crippen molar-refractivity contribution in [2.45, 2.75) is 37.1 Å². The Kier molecular flexibility index (Phi) is 3.51. The van der Waals surface area contributed by atoms with Crippen LogP contribution in [0.1, 0.15) is 37.0 Å². The number of hydrogen-bond acceptors (Lipinski definition) is 4. The minimum absolute atomic E-state index is 0.0143. The summed E-state index contributed by atoms with van der Waals surface area (Å²) in [5.41, 5.74) is 10.6. The van der Waals surface area contributed by atoms with Crippen LogP contribution in [0, 0.1) is 5.92 Å². The van der Waals surface area contributed by atoms with E-state index in [1.54, 1.807) is 0 Å². The topological polar surface area (TPSA) is 115 Å². The molecule has 7 heteroatoms. The number of amides is 1. The van der Waals surface area contributed by atoms with Gasteiger partial charge in [-0.2, -0.15) is 0 Å². The Bertz CT molecular complexity index is 649. The Morgan fingerprint density at radius 1 is 1.35 bits per heavy atom. The Hall–Kier alpha value is -1.60. The van der Waals surface area contributed by atoms with Gasteiger partial charge in [-0.1, -0.05) is 0 Å². The quantitative estimate of drug-likeness (QED) is 0.698. The normalized spacial score (nSPS) is 16.1. The zero-order chi connectivity index (χ0) is 15.1. The lowest BCUT2D eigenvalue weighted by Gasteiger charge is -2.26. The highest BCUT2D eigenvalue weighted by Gasteiger charge is 2.40. The van der Waals surface area contributed by atoms with Crippen molar-refractivity contribution in [3.8, 4) is 0 Å². The molecule has 1 amide bonds. The summed E-state index contributed by atoms with van der Waals surface area (Å²) in [6, 6.07) is 3.94. The fraction of sp³-hybridized carbons (Fsp3) is 0.462. The molecule has 0 heterocycles. The molecule has 0 radical (unpaired) electrons. The van der Waals surface area contributed by atoms with E-state index in [9.17, 15) is 13.2 Å². The van der Waals surface area contributed by atoms with Gasteiger partial charge in [0.2, 0.25) is 15.9 Å². The third kappa shape index (κ3) is 2.94. The van der Waals surface area contributed by atoms with Crippen LogP contribution in [-0.2, 0) is 10.0 Å². The first-order valence-electron chi connectivity index (χ1n) is 6.37. The number of rotatable bonds is 5. The maximum Gasteiger partial charge on any atom is 0.248 e. The van der Waals surface area contributed by atoms with Crippen LogP contribution in [0.4, 0.5) is 5.69 Å². The fourth-order valence-electron chi connectivity index (χ4n) is 2.24. The van der Waals surface area contributed by atoms with Crippen molar-refractivity contribution in [3.63, 3.8) is 0 Å². The molecule has 2 rings (SSSR count). The second-order valence-electron chi connectivity index (χ2n) is 5.72. The van der Waals surface area contributed by atoms with Gasteiger partial charge in [0.25, 0.3) is 0 Å². The molecule has 110 valence electrons. The van der Waals surface area contributed by atoms with E-state index < -0.39 is 21.5 Å². The van der Waals surface area contributed by atoms with Crippen molar-refractivity contribution in [2.24, 2.45) is 11.7 Å². The average molecular weight is 297 g/mol. The first-order chi connectivity index (χ1) is 9.13. The van der Waals surface area contributed by atoms with E-state index in [4.69, 9.17) is 11.5 Å². The number of nitrogens with two attached hydrogens (primary N) is 2. The third-order valence-corrected chi connectivity index (χ3v) is 5.32. The first-order valence-corrected chi connectivity index (χ1v) is 7.85. The maximum absolute atomic E-state index is 12.4. The summed E-state index contributed by atoms with van der Waals surface area (Å²) in [5.74, 6) is -0.296. The molecule has 0 saturated heterocycles. The number of carbonyl (C=O) groups is 1. The maximum atomic E-state index is 12.4. The Labute approximate surface area is 118 Å². The zero-order valence-corrected chi connectivity index (χ0v) is 12.3. The van der Waals surface area contributed by atoms with Gasteiger partial charge >= 0.3 is 0 Å². The molecule has 6 nitrogen and oxygen atoms in total. The molecule has 0 aliphatic heterocycles. The van der Waals surface area contributed by atoms with Crippen molar-refractivity contribution in [1.82, 2.24) is 4.72 Å². The predicted molar refractivity (Wildman–Crippen MR) is 76.5 cm³/mol. The third-order valence-electron chi connectivity index (χ3n) is 3.58. The summed E-state index contributed by atoms with van der Waals surface area (Å²) in [6.07, 6.45) is 2.04. The highest BCUT2D eigenvalue weighted by atomic mass is 32.2. The second-order valence-corrected chi connectivity index (χ2v) is 7.37. The van der Waals surface area contributed by atoms with Crippen LogP contribution >= 0.6 is 0 Å². The van der Waals surface area contributed by atoms with E-state index in [1.807, 2.05) is 13.8 Å². The standard InChI is InChI=1S/C13H19N3O3S/c1-13(2,9-4-5-9)16-20(18,19)11-6-3-8(12(15)17)7-10(11)14/h3,6-7,9,16H,4-5,14H2,1-2H3,(H2,15,17). The first kappa shape index (κ1) is 14.8. The van der Waals surface area contributed by atoms with Crippen LogP contribution in [0.15, 0.2) is 23.1 Å². The highest BCUT2D eigenvalue weighted by Crippen LogP contribution is 2.40. The van der Waals surface area contributed by atoms with Gasteiger partial charge in [-0.15, -0.1) is 0 Å². The van der Waals surface area contributed by atoms with Crippen LogP contribution in [0.25, 0.3) is 0 Å². The largest absolute Gasteiger partial charge is 0.398 e. The minimum Gasteiger partial charge on any atom is -0.398 e. The van der Waals surface area contributed by atoms with Crippen LogP contribution in [0.3, 0.4) is 0 Å². The van der Waals surface area contributed by atoms with E-state index in [1.165, 1.54) is 18.2 Å². The van der Waals surface area contributed by atoms with Gasteiger partial charge in [0.1, 0.15) is 4.90 Å². The number of nitrogens with one attached hydrogen (secondary N) is 1. The zero-order valence-electron chi connectivity index (χ0n) is 11.5. The molecule has 20 heavy (non-hydrogen) atoms. The molecule has 1 aliphatic carbocycles. The Morgan fingerprint density at radius 3 is 2.40 bits per heavy atom. The molecule has 0 bridgehead atoms.